The zero-order valence-corrected chi connectivity index (χ0v) is 10.3. The molecule has 0 bridgehead atoms. The third-order valence-electron chi connectivity index (χ3n) is 3.12. The van der Waals surface area contributed by atoms with Crippen LogP contribution in [0.25, 0.3) is 0 Å². The summed E-state index contributed by atoms with van der Waals surface area (Å²) in [4.78, 5) is 0. The van der Waals surface area contributed by atoms with E-state index in [4.69, 9.17) is 0 Å². The lowest BCUT2D eigenvalue weighted by Crippen LogP contribution is -2.53. The molecule has 0 amide bonds. The van der Waals surface area contributed by atoms with Crippen molar-refractivity contribution in [3.63, 3.8) is 0 Å². The summed E-state index contributed by atoms with van der Waals surface area (Å²) >= 11 is 0. The van der Waals surface area contributed by atoms with Crippen LogP contribution in [0.1, 0.15) is 25.0 Å². The van der Waals surface area contributed by atoms with Gasteiger partial charge in [-0.2, -0.15) is 0 Å². The first-order valence-electron chi connectivity index (χ1n) is 6.06. The molecule has 2 rings (SSSR count). The standard InChI is InChI=1S/C13H20N2O2/c1-8(2)14-15-11-6-9-4-3-5-12(16)10(9)7-13(11)17/h3-5,8,11,13-17H,6-7H2,1-2H3. The molecule has 1 aliphatic rings. The number of rotatable bonds is 3. The summed E-state index contributed by atoms with van der Waals surface area (Å²) in [7, 11) is 0. The molecule has 4 nitrogen and oxygen atoms in total. The van der Waals surface area contributed by atoms with E-state index in [0.29, 0.717) is 12.5 Å². The lowest BCUT2D eigenvalue weighted by Gasteiger charge is -2.31. The highest BCUT2D eigenvalue weighted by Gasteiger charge is 2.28. The van der Waals surface area contributed by atoms with E-state index in [0.717, 1.165) is 17.5 Å². The monoisotopic (exact) mass is 236 g/mol. The number of fused-ring (bicyclic) bond motifs is 1. The maximum absolute atomic E-state index is 10.0. The lowest BCUT2D eigenvalue weighted by molar-refractivity contribution is 0.108. The van der Waals surface area contributed by atoms with Crippen molar-refractivity contribution < 1.29 is 10.2 Å². The number of aromatic hydroxyl groups is 1. The summed E-state index contributed by atoms with van der Waals surface area (Å²) in [5.74, 6) is 0.289. The van der Waals surface area contributed by atoms with E-state index in [2.05, 4.69) is 10.9 Å². The minimum absolute atomic E-state index is 0.00769. The van der Waals surface area contributed by atoms with Gasteiger partial charge in [-0.25, -0.2) is 0 Å². The molecule has 0 saturated heterocycles. The van der Waals surface area contributed by atoms with E-state index in [-0.39, 0.29) is 11.8 Å². The first kappa shape index (κ1) is 12.4. The van der Waals surface area contributed by atoms with Crippen LogP contribution in [0.2, 0.25) is 0 Å². The van der Waals surface area contributed by atoms with Crippen molar-refractivity contribution in [3.8, 4) is 5.75 Å². The SMILES string of the molecule is CC(C)NNC1Cc2cccc(O)c2CC1O. The second kappa shape index (κ2) is 5.04. The van der Waals surface area contributed by atoms with Gasteiger partial charge in [0.15, 0.2) is 0 Å². The van der Waals surface area contributed by atoms with Gasteiger partial charge in [0.1, 0.15) is 5.75 Å². The molecular formula is C13H20N2O2. The summed E-state index contributed by atoms with van der Waals surface area (Å²) in [6.45, 7) is 4.09. The molecule has 4 heteroatoms. The van der Waals surface area contributed by atoms with Gasteiger partial charge in [0, 0.05) is 12.5 Å². The fourth-order valence-electron chi connectivity index (χ4n) is 2.19. The number of aliphatic hydroxyl groups is 1. The minimum atomic E-state index is -0.470. The molecule has 2 atom stereocenters. The molecular weight excluding hydrogens is 216 g/mol. The minimum Gasteiger partial charge on any atom is -0.508 e. The predicted octanol–water partition coefficient (Wildman–Crippen LogP) is 0.723. The van der Waals surface area contributed by atoms with E-state index in [9.17, 15) is 10.2 Å². The highest BCUT2D eigenvalue weighted by molar-refractivity contribution is 5.42. The highest BCUT2D eigenvalue weighted by Crippen LogP contribution is 2.28. The van der Waals surface area contributed by atoms with Gasteiger partial charge >= 0.3 is 0 Å². The fraction of sp³-hybridized carbons (Fsp3) is 0.538. The zero-order valence-electron chi connectivity index (χ0n) is 10.3. The van der Waals surface area contributed by atoms with Crippen molar-refractivity contribution >= 4 is 0 Å². The van der Waals surface area contributed by atoms with E-state index in [1.54, 1.807) is 6.07 Å². The number of phenolic OH excluding ortho intramolecular Hbond substituents is 1. The largest absolute Gasteiger partial charge is 0.508 e. The molecule has 1 aliphatic carbocycles. The topological polar surface area (TPSA) is 64.5 Å². The van der Waals surface area contributed by atoms with Crippen LogP contribution in [0.4, 0.5) is 0 Å². The third-order valence-corrected chi connectivity index (χ3v) is 3.12. The average Bonchev–Trinajstić information content (AvgIpc) is 2.28. The molecule has 0 radical (unpaired) electrons. The zero-order chi connectivity index (χ0) is 12.4. The Morgan fingerprint density at radius 1 is 1.29 bits per heavy atom. The Bertz CT molecular complexity index is 393. The summed E-state index contributed by atoms with van der Waals surface area (Å²) in [6, 6.07) is 5.84. The van der Waals surface area contributed by atoms with Crippen molar-refractivity contribution in [1.29, 1.82) is 0 Å². The molecule has 0 aliphatic heterocycles. The van der Waals surface area contributed by atoms with Gasteiger partial charge in [0.2, 0.25) is 0 Å². The maximum Gasteiger partial charge on any atom is 0.119 e. The number of hydrogen-bond acceptors (Lipinski definition) is 4. The molecule has 1 aromatic carbocycles. The van der Waals surface area contributed by atoms with Gasteiger partial charge in [-0.1, -0.05) is 12.1 Å². The quantitative estimate of drug-likeness (QED) is 0.584. The molecule has 2 unspecified atom stereocenters. The smallest absolute Gasteiger partial charge is 0.119 e. The number of hydrogen-bond donors (Lipinski definition) is 4. The summed E-state index contributed by atoms with van der Waals surface area (Å²) in [5.41, 5.74) is 8.26. The first-order valence-corrected chi connectivity index (χ1v) is 6.06. The van der Waals surface area contributed by atoms with Crippen LogP contribution in [0.5, 0.6) is 5.75 Å². The molecule has 17 heavy (non-hydrogen) atoms. The van der Waals surface area contributed by atoms with Crippen LogP contribution in [-0.4, -0.2) is 28.4 Å². The maximum atomic E-state index is 10.0. The Kier molecular flexibility index (Phi) is 3.66. The Balaban J connectivity index is 2.10. The Morgan fingerprint density at radius 3 is 2.76 bits per heavy atom. The van der Waals surface area contributed by atoms with Crippen molar-refractivity contribution in [1.82, 2.24) is 10.9 Å². The molecule has 0 heterocycles. The molecule has 0 fully saturated rings. The van der Waals surface area contributed by atoms with E-state index in [1.165, 1.54) is 0 Å². The van der Waals surface area contributed by atoms with Crippen LogP contribution < -0.4 is 10.9 Å². The molecule has 4 N–H and O–H groups in total. The highest BCUT2D eigenvalue weighted by atomic mass is 16.3. The van der Waals surface area contributed by atoms with Crippen LogP contribution >= 0.6 is 0 Å². The summed E-state index contributed by atoms with van der Waals surface area (Å²) in [6.07, 6.45) is 0.756. The van der Waals surface area contributed by atoms with Gasteiger partial charge in [0.05, 0.1) is 12.1 Å². The number of benzene rings is 1. The van der Waals surface area contributed by atoms with E-state index >= 15 is 0 Å². The number of hydrazine groups is 1. The molecule has 0 saturated carbocycles. The van der Waals surface area contributed by atoms with Crippen LogP contribution in [0.15, 0.2) is 18.2 Å². The van der Waals surface area contributed by atoms with Crippen LogP contribution in [0, 0.1) is 0 Å². The van der Waals surface area contributed by atoms with Gasteiger partial charge in [0.25, 0.3) is 0 Å². The summed E-state index contributed by atoms with van der Waals surface area (Å²) < 4.78 is 0. The van der Waals surface area contributed by atoms with Crippen molar-refractivity contribution in [2.24, 2.45) is 0 Å². The number of phenols is 1. The van der Waals surface area contributed by atoms with Crippen LogP contribution in [0.3, 0.4) is 0 Å². The van der Waals surface area contributed by atoms with Gasteiger partial charge < -0.3 is 10.2 Å². The molecule has 0 spiro atoms. The molecule has 1 aromatic rings. The van der Waals surface area contributed by atoms with Gasteiger partial charge in [-0.15, -0.1) is 0 Å². The lowest BCUT2D eigenvalue weighted by atomic mass is 9.86. The van der Waals surface area contributed by atoms with E-state index < -0.39 is 6.10 Å². The second-order valence-corrected chi connectivity index (χ2v) is 4.94. The van der Waals surface area contributed by atoms with Crippen molar-refractivity contribution in [2.45, 2.75) is 44.9 Å². The Hall–Kier alpha value is -1.10. The molecule has 0 aromatic heterocycles. The van der Waals surface area contributed by atoms with Gasteiger partial charge in [-0.3, -0.25) is 10.9 Å². The first-order chi connectivity index (χ1) is 8.08. The molecule has 94 valence electrons. The second-order valence-electron chi connectivity index (χ2n) is 4.94. The Morgan fingerprint density at radius 2 is 2.06 bits per heavy atom. The summed E-state index contributed by atoms with van der Waals surface area (Å²) in [5, 5.41) is 19.8. The number of nitrogens with one attached hydrogen (secondary N) is 2. The van der Waals surface area contributed by atoms with E-state index in [1.807, 2.05) is 26.0 Å². The average molecular weight is 236 g/mol. The normalized spacial score (nSPS) is 23.8. The fourth-order valence-corrected chi connectivity index (χ4v) is 2.19. The number of aliphatic hydroxyl groups excluding tert-OH is 1. The van der Waals surface area contributed by atoms with Crippen molar-refractivity contribution in [3.05, 3.63) is 29.3 Å². The Labute approximate surface area is 102 Å². The van der Waals surface area contributed by atoms with Crippen molar-refractivity contribution in [2.75, 3.05) is 0 Å². The predicted molar refractivity (Wildman–Crippen MR) is 66.7 cm³/mol. The van der Waals surface area contributed by atoms with Gasteiger partial charge in [-0.05, 0) is 37.5 Å². The van der Waals surface area contributed by atoms with Crippen LogP contribution in [-0.2, 0) is 12.8 Å². The third kappa shape index (κ3) is 2.77.